The molecule has 15 heavy (non-hydrogen) atoms. The van der Waals surface area contributed by atoms with E-state index in [1.165, 1.54) is 0 Å². The van der Waals surface area contributed by atoms with Crippen LogP contribution < -0.4 is 5.73 Å². The number of carbonyl (C=O) groups is 1. The first kappa shape index (κ1) is 9.64. The van der Waals surface area contributed by atoms with Crippen LogP contribution in [-0.2, 0) is 6.42 Å². The van der Waals surface area contributed by atoms with Crippen molar-refractivity contribution in [3.8, 4) is 0 Å². The van der Waals surface area contributed by atoms with E-state index in [0.29, 0.717) is 0 Å². The summed E-state index contributed by atoms with van der Waals surface area (Å²) >= 11 is 0. The van der Waals surface area contributed by atoms with Crippen LogP contribution in [-0.4, -0.2) is 20.5 Å². The van der Waals surface area contributed by atoms with Gasteiger partial charge in [0.15, 0.2) is 5.69 Å². The number of fused-ring (bicyclic) bond motifs is 1. The average Bonchev–Trinajstić information content (AvgIpc) is 2.59. The molecule has 0 fully saturated rings. The smallest absolute Gasteiger partial charge is 0.269 e. The Hall–Kier alpha value is -1.91. The van der Waals surface area contributed by atoms with Gasteiger partial charge >= 0.3 is 0 Å². The molecule has 0 unspecified atom stereocenters. The van der Waals surface area contributed by atoms with Crippen molar-refractivity contribution in [2.45, 2.75) is 20.3 Å². The van der Waals surface area contributed by atoms with Gasteiger partial charge < -0.3 is 5.73 Å². The predicted molar refractivity (Wildman–Crippen MR) is 55.6 cm³/mol. The molecular weight excluding hydrogens is 192 g/mol. The molecule has 1 amide bonds. The molecule has 2 heterocycles. The summed E-state index contributed by atoms with van der Waals surface area (Å²) in [5.41, 5.74) is 8.09. The van der Waals surface area contributed by atoms with Crippen molar-refractivity contribution >= 4 is 11.4 Å². The number of carbonyl (C=O) groups excluding carboxylic acids is 1. The number of hydrogen-bond acceptors (Lipinski definition) is 3. The third-order valence-corrected chi connectivity index (χ3v) is 2.24. The summed E-state index contributed by atoms with van der Waals surface area (Å²) in [5.74, 6) is -0.515. The summed E-state index contributed by atoms with van der Waals surface area (Å²) < 4.78 is 1.65. The average molecular weight is 204 g/mol. The van der Waals surface area contributed by atoms with Gasteiger partial charge in [0.05, 0.1) is 23.1 Å². The van der Waals surface area contributed by atoms with E-state index >= 15 is 0 Å². The highest BCUT2D eigenvalue weighted by molar-refractivity contribution is 5.92. The molecule has 0 saturated carbocycles. The Bertz CT molecular complexity index is 529. The van der Waals surface area contributed by atoms with Crippen LogP contribution in [0.1, 0.15) is 28.8 Å². The van der Waals surface area contributed by atoms with Crippen molar-refractivity contribution in [2.75, 3.05) is 0 Å². The largest absolute Gasteiger partial charge is 0.364 e. The van der Waals surface area contributed by atoms with Gasteiger partial charge in [-0.25, -0.2) is 4.52 Å². The lowest BCUT2D eigenvalue weighted by Gasteiger charge is -2.01. The quantitative estimate of drug-likeness (QED) is 0.782. The van der Waals surface area contributed by atoms with E-state index in [1.807, 2.05) is 13.8 Å². The Labute approximate surface area is 86.9 Å². The van der Waals surface area contributed by atoms with Crippen LogP contribution in [0.4, 0.5) is 0 Å². The van der Waals surface area contributed by atoms with E-state index < -0.39 is 5.91 Å². The summed E-state index contributed by atoms with van der Waals surface area (Å²) in [6.07, 6.45) is 2.58. The normalized spacial score (nSPS) is 10.8. The second-order valence-corrected chi connectivity index (χ2v) is 3.41. The fraction of sp³-hybridized carbons (Fsp3) is 0.300. The van der Waals surface area contributed by atoms with Gasteiger partial charge in [0.25, 0.3) is 5.91 Å². The fourth-order valence-electron chi connectivity index (χ4n) is 1.56. The molecule has 5 heteroatoms. The SMILES string of the molecule is CCc1nc(C)cn2nc(C(N)=O)cc12. The first-order valence-corrected chi connectivity index (χ1v) is 4.77. The van der Waals surface area contributed by atoms with E-state index in [-0.39, 0.29) is 5.69 Å². The Morgan fingerprint density at radius 3 is 2.93 bits per heavy atom. The van der Waals surface area contributed by atoms with Gasteiger partial charge in [-0.05, 0) is 19.4 Å². The number of primary amides is 1. The Balaban J connectivity index is 2.74. The minimum absolute atomic E-state index is 0.275. The van der Waals surface area contributed by atoms with Gasteiger partial charge in [-0.15, -0.1) is 0 Å². The lowest BCUT2D eigenvalue weighted by Crippen LogP contribution is -2.11. The summed E-state index contributed by atoms with van der Waals surface area (Å²) in [6.45, 7) is 3.91. The van der Waals surface area contributed by atoms with Crippen molar-refractivity contribution in [3.63, 3.8) is 0 Å². The van der Waals surface area contributed by atoms with Crippen LogP contribution in [0.5, 0.6) is 0 Å². The van der Waals surface area contributed by atoms with Crippen molar-refractivity contribution in [1.29, 1.82) is 0 Å². The monoisotopic (exact) mass is 204 g/mol. The van der Waals surface area contributed by atoms with E-state index in [2.05, 4.69) is 10.1 Å². The molecule has 2 rings (SSSR count). The van der Waals surface area contributed by atoms with Gasteiger partial charge in [0.2, 0.25) is 0 Å². The molecule has 0 aliphatic rings. The maximum atomic E-state index is 11.0. The van der Waals surface area contributed by atoms with Gasteiger partial charge in [-0.1, -0.05) is 6.92 Å². The molecule has 78 valence electrons. The number of nitrogens with zero attached hydrogens (tertiary/aromatic N) is 3. The Morgan fingerprint density at radius 2 is 2.33 bits per heavy atom. The maximum absolute atomic E-state index is 11.0. The lowest BCUT2D eigenvalue weighted by atomic mass is 10.2. The van der Waals surface area contributed by atoms with Crippen LogP contribution in [0.3, 0.4) is 0 Å². The zero-order chi connectivity index (χ0) is 11.0. The first-order valence-electron chi connectivity index (χ1n) is 4.77. The van der Waals surface area contributed by atoms with E-state index in [9.17, 15) is 4.79 Å². The molecule has 2 N–H and O–H groups in total. The number of aryl methyl sites for hydroxylation is 2. The minimum Gasteiger partial charge on any atom is -0.364 e. The molecule has 0 atom stereocenters. The topological polar surface area (TPSA) is 73.3 Å². The first-order chi connectivity index (χ1) is 7.11. The van der Waals surface area contributed by atoms with E-state index in [4.69, 9.17) is 5.73 Å². The highest BCUT2D eigenvalue weighted by atomic mass is 16.1. The van der Waals surface area contributed by atoms with Gasteiger partial charge in [-0.2, -0.15) is 5.10 Å². The fourth-order valence-corrected chi connectivity index (χ4v) is 1.56. The molecule has 0 aliphatic carbocycles. The van der Waals surface area contributed by atoms with E-state index in [1.54, 1.807) is 16.8 Å². The zero-order valence-corrected chi connectivity index (χ0v) is 8.69. The zero-order valence-electron chi connectivity index (χ0n) is 8.69. The molecule has 0 radical (unpaired) electrons. The van der Waals surface area contributed by atoms with Gasteiger partial charge in [-0.3, -0.25) is 9.78 Å². The Morgan fingerprint density at radius 1 is 1.60 bits per heavy atom. The number of nitrogens with two attached hydrogens (primary N) is 1. The van der Waals surface area contributed by atoms with Crippen molar-refractivity contribution in [1.82, 2.24) is 14.6 Å². The van der Waals surface area contributed by atoms with Crippen molar-refractivity contribution in [3.05, 3.63) is 29.3 Å². The molecule has 0 bridgehead atoms. The van der Waals surface area contributed by atoms with Crippen LogP contribution in [0, 0.1) is 6.92 Å². The number of hydrogen-bond donors (Lipinski definition) is 1. The Kier molecular flexibility index (Phi) is 2.15. The third-order valence-electron chi connectivity index (χ3n) is 2.24. The van der Waals surface area contributed by atoms with Crippen LogP contribution >= 0.6 is 0 Å². The highest BCUT2D eigenvalue weighted by Gasteiger charge is 2.10. The van der Waals surface area contributed by atoms with Crippen molar-refractivity contribution in [2.24, 2.45) is 5.73 Å². The second kappa shape index (κ2) is 3.34. The maximum Gasteiger partial charge on any atom is 0.269 e. The molecule has 0 spiro atoms. The third kappa shape index (κ3) is 1.56. The molecular formula is C10H12N4O. The molecule has 2 aromatic heterocycles. The van der Waals surface area contributed by atoms with Crippen molar-refractivity contribution < 1.29 is 4.79 Å². The van der Waals surface area contributed by atoms with E-state index in [0.717, 1.165) is 23.3 Å². The molecule has 0 aliphatic heterocycles. The summed E-state index contributed by atoms with van der Waals surface area (Å²) in [7, 11) is 0. The molecule has 0 aromatic carbocycles. The summed E-state index contributed by atoms with van der Waals surface area (Å²) in [4.78, 5) is 15.4. The molecule has 0 saturated heterocycles. The molecule has 5 nitrogen and oxygen atoms in total. The summed E-state index contributed by atoms with van der Waals surface area (Å²) in [5, 5.41) is 4.08. The molecule has 2 aromatic rings. The predicted octanol–water partition coefficient (Wildman–Crippen LogP) is 0.699. The number of rotatable bonds is 2. The van der Waals surface area contributed by atoms with Crippen LogP contribution in [0.2, 0.25) is 0 Å². The second-order valence-electron chi connectivity index (χ2n) is 3.41. The standard InChI is InChI=1S/C10H12N4O/c1-3-7-9-4-8(10(11)15)13-14(9)5-6(2)12-7/h4-5H,3H2,1-2H3,(H2,11,15). The highest BCUT2D eigenvalue weighted by Crippen LogP contribution is 2.12. The van der Waals surface area contributed by atoms with Crippen LogP contribution in [0.15, 0.2) is 12.3 Å². The van der Waals surface area contributed by atoms with Gasteiger partial charge in [0, 0.05) is 0 Å². The van der Waals surface area contributed by atoms with Crippen LogP contribution in [0.25, 0.3) is 5.52 Å². The lowest BCUT2D eigenvalue weighted by molar-refractivity contribution is 0.0995. The minimum atomic E-state index is -0.515. The number of aromatic nitrogens is 3. The number of amides is 1. The summed E-state index contributed by atoms with van der Waals surface area (Å²) in [6, 6.07) is 1.67. The van der Waals surface area contributed by atoms with Gasteiger partial charge in [0.1, 0.15) is 0 Å².